The molecule has 12 atom stereocenters. The van der Waals surface area contributed by atoms with Crippen LogP contribution in [0.4, 0.5) is 0 Å². The number of fused-ring (bicyclic) bond motifs is 2. The molecule has 4 saturated heterocycles. The molecule has 6 aliphatic heterocycles. The van der Waals surface area contributed by atoms with Crippen molar-refractivity contribution in [2.45, 2.75) is 108 Å². The molecule has 0 radical (unpaired) electrons. The van der Waals surface area contributed by atoms with Crippen LogP contribution in [-0.4, -0.2) is 233 Å². The average Bonchev–Trinajstić information content (AvgIpc) is 1.67. The van der Waals surface area contributed by atoms with Crippen molar-refractivity contribution in [1.29, 1.82) is 0 Å². The maximum atomic E-state index is 13.9. The molecule has 1 amide bonds. The number of aryl methyl sites for hydroxylation is 1. The van der Waals surface area contributed by atoms with Crippen LogP contribution >= 0.6 is 0 Å². The summed E-state index contributed by atoms with van der Waals surface area (Å²) in [6.45, 7) is 13.8. The summed E-state index contributed by atoms with van der Waals surface area (Å²) in [5.41, 5.74) is 5.08. The van der Waals surface area contributed by atoms with Crippen molar-refractivity contribution in [1.82, 2.24) is 24.5 Å². The summed E-state index contributed by atoms with van der Waals surface area (Å²) in [4.78, 5) is 71.5. The Bertz CT molecular complexity index is 3220. The number of carboxylic acid groups (broad SMARTS) is 4. The van der Waals surface area contributed by atoms with Gasteiger partial charge in [0.2, 0.25) is 19.5 Å². The normalized spacial score (nSPS) is 25.0. The van der Waals surface area contributed by atoms with Crippen molar-refractivity contribution in [3.8, 4) is 40.2 Å². The zero-order valence-electron chi connectivity index (χ0n) is 58.8. The fourth-order valence-corrected chi connectivity index (χ4v) is 14.8. The molecule has 0 saturated carbocycles. The molecule has 5 aromatic carbocycles. The van der Waals surface area contributed by atoms with Gasteiger partial charge in [0, 0.05) is 93.5 Å². The van der Waals surface area contributed by atoms with Crippen molar-refractivity contribution >= 4 is 29.8 Å². The number of aliphatic carboxylic acids is 4. The molecule has 6 heterocycles. The number of carbonyl (C=O) groups is 5. The van der Waals surface area contributed by atoms with Crippen LogP contribution in [0.3, 0.4) is 0 Å². The molecule has 0 bridgehead atoms. The maximum absolute atomic E-state index is 13.9. The van der Waals surface area contributed by atoms with Gasteiger partial charge in [-0.1, -0.05) is 67.9 Å². The molecule has 0 unspecified atom stereocenters. The Labute approximate surface area is 572 Å². The van der Waals surface area contributed by atoms with Gasteiger partial charge < -0.3 is 77.7 Å². The summed E-state index contributed by atoms with van der Waals surface area (Å²) in [6.07, 6.45) is 4.05. The van der Waals surface area contributed by atoms with Crippen LogP contribution in [0.5, 0.6) is 40.2 Å². The standard InChI is InChI=1S/C33H45N3O7.3C14H19NO3/c1-5-6-15-34(16-8-17-36(2,3)4)30(37)20-35-19-25(24-12-14-27-29(18-24)42-21-40-27)31(33(38)39)26(35)13-11-23-9-7-10-28-32(23)43-22-41-28;3*1-9-13(14(16)17)12(8-15(9)2)10-4-6-11(18-3)7-5-10/h7,9-10,12,14,18,25-26,31H,5-6,8,11,13,15-17,19-22H2,1-4H3;3*4-7,9,12-13H,8H2,1-3H3,(H,16,17)/p+1/t25-,26+,31-;3*9-,12+,13-/m1000/s1. The second kappa shape index (κ2) is 33.9. The van der Waals surface area contributed by atoms with E-state index in [-0.39, 0.29) is 91.6 Å². The van der Waals surface area contributed by atoms with Crippen molar-refractivity contribution in [2.24, 2.45) is 23.7 Å². The minimum Gasteiger partial charge on any atom is -0.497 e. The molecule has 6 aliphatic rings. The first-order valence-electron chi connectivity index (χ1n) is 33.8. The van der Waals surface area contributed by atoms with E-state index >= 15 is 0 Å². The predicted octanol–water partition coefficient (Wildman–Crippen LogP) is 9.41. The number of para-hydroxylation sites is 1. The number of methoxy groups -OCH3 is 3. The number of hydrogen-bond donors (Lipinski definition) is 4. The Morgan fingerprint density at radius 2 is 0.928 bits per heavy atom. The molecule has 22 nitrogen and oxygen atoms in total. The molecule has 528 valence electrons. The molecule has 0 aromatic heterocycles. The fraction of sp³-hybridized carbons (Fsp3) is 0.533. The highest BCUT2D eigenvalue weighted by molar-refractivity contribution is 5.79. The lowest BCUT2D eigenvalue weighted by atomic mass is 9.83. The number of likely N-dealkylation sites (tertiary alicyclic amines) is 4. The molecular formula is C75H103N6O16+. The molecule has 97 heavy (non-hydrogen) atoms. The van der Waals surface area contributed by atoms with Gasteiger partial charge in [-0.15, -0.1) is 0 Å². The number of unbranched alkanes of at least 4 members (excludes halogenated alkanes) is 1. The lowest BCUT2D eigenvalue weighted by molar-refractivity contribution is -0.870. The van der Waals surface area contributed by atoms with Gasteiger partial charge in [-0.3, -0.25) is 28.9 Å². The Morgan fingerprint density at radius 3 is 1.36 bits per heavy atom. The first kappa shape index (κ1) is 74.6. The average molecular weight is 1340 g/mol. The first-order valence-corrected chi connectivity index (χ1v) is 33.8. The second-order valence-electron chi connectivity index (χ2n) is 27.6. The summed E-state index contributed by atoms with van der Waals surface area (Å²) < 4.78 is 38.6. The SMILES string of the molecule is CCCCN(CCC[N+](C)(C)C)C(=O)CN1C[C@H](c2ccc3c(c2)OCO3)[C@@H](C(=O)O)[C@@H]1CCc1cccc2c1OCO2.COc1ccc([C@H]2CN(C)[C@@H](C)[C@@H]2C(=O)O)cc1.COc1ccc([C@H]2CN(C)[C@@H](C)[C@@H]2C(=O)O)cc1.COc1ccc([C@H]2CN(C)[C@@H](C)[C@@H]2C(=O)O)cc1. The Hall–Kier alpha value is -8.15. The molecule has 5 aromatic rings. The quantitative estimate of drug-likeness (QED) is 0.0445. The number of carbonyl (C=O) groups excluding carboxylic acids is 1. The van der Waals surface area contributed by atoms with Crippen LogP contribution in [0, 0.1) is 23.7 Å². The third-order valence-electron chi connectivity index (χ3n) is 20.7. The van der Waals surface area contributed by atoms with E-state index in [1.165, 1.54) is 0 Å². The first-order chi connectivity index (χ1) is 46.3. The number of quaternary nitrogens is 1. The van der Waals surface area contributed by atoms with Gasteiger partial charge in [-0.05, 0) is 144 Å². The summed E-state index contributed by atoms with van der Waals surface area (Å²) in [7, 11) is 17.3. The van der Waals surface area contributed by atoms with Crippen molar-refractivity contribution < 1.29 is 82.0 Å². The minimum absolute atomic E-state index is 0.0495. The van der Waals surface area contributed by atoms with Gasteiger partial charge in [0.05, 0.1) is 79.2 Å². The predicted molar refractivity (Wildman–Crippen MR) is 369 cm³/mol. The van der Waals surface area contributed by atoms with E-state index in [4.69, 9.17) is 33.2 Å². The molecule has 4 N–H and O–H groups in total. The van der Waals surface area contributed by atoms with Crippen LogP contribution in [0.1, 0.15) is 105 Å². The molecule has 22 heteroatoms. The third-order valence-corrected chi connectivity index (χ3v) is 20.7. The van der Waals surface area contributed by atoms with Gasteiger partial charge >= 0.3 is 23.9 Å². The third kappa shape index (κ3) is 18.5. The Balaban J connectivity index is 0.000000184. The highest BCUT2D eigenvalue weighted by Crippen LogP contribution is 2.45. The van der Waals surface area contributed by atoms with Crippen molar-refractivity contribution in [2.75, 3.05) is 130 Å². The monoisotopic (exact) mass is 1340 g/mol. The van der Waals surface area contributed by atoms with Crippen LogP contribution < -0.4 is 33.2 Å². The maximum Gasteiger partial charge on any atom is 0.308 e. The van der Waals surface area contributed by atoms with Crippen LogP contribution in [0.15, 0.2) is 109 Å². The van der Waals surface area contributed by atoms with E-state index < -0.39 is 29.8 Å². The van der Waals surface area contributed by atoms with Gasteiger partial charge in [0.15, 0.2) is 23.0 Å². The zero-order valence-corrected chi connectivity index (χ0v) is 58.8. The van der Waals surface area contributed by atoms with E-state index in [0.717, 1.165) is 101 Å². The number of ether oxygens (including phenoxy) is 7. The zero-order chi connectivity index (χ0) is 70.4. The largest absolute Gasteiger partial charge is 0.497 e. The van der Waals surface area contributed by atoms with Crippen molar-refractivity contribution in [3.63, 3.8) is 0 Å². The fourth-order valence-electron chi connectivity index (χ4n) is 14.8. The van der Waals surface area contributed by atoms with E-state index in [9.17, 15) is 44.4 Å². The number of carboxylic acids is 4. The summed E-state index contributed by atoms with van der Waals surface area (Å²) in [6, 6.07) is 34.5. The van der Waals surface area contributed by atoms with Crippen LogP contribution in [-0.2, 0) is 30.4 Å². The number of amides is 1. The van der Waals surface area contributed by atoms with E-state index in [2.05, 4.69) is 47.7 Å². The summed E-state index contributed by atoms with van der Waals surface area (Å²) in [5.74, 6) is 0.315. The van der Waals surface area contributed by atoms with Gasteiger partial charge in [0.25, 0.3) is 0 Å². The van der Waals surface area contributed by atoms with Crippen LogP contribution in [0.2, 0.25) is 0 Å². The van der Waals surface area contributed by atoms with E-state index in [1.807, 2.05) is 156 Å². The molecule has 0 spiro atoms. The van der Waals surface area contributed by atoms with Crippen molar-refractivity contribution in [3.05, 3.63) is 137 Å². The summed E-state index contributed by atoms with van der Waals surface area (Å²) in [5, 5.41) is 38.8. The summed E-state index contributed by atoms with van der Waals surface area (Å²) >= 11 is 0. The molecule has 0 aliphatic carbocycles. The number of benzene rings is 5. The Morgan fingerprint density at radius 1 is 0.515 bits per heavy atom. The lowest BCUT2D eigenvalue weighted by Crippen LogP contribution is -2.45. The number of nitrogens with zero attached hydrogens (tertiary/aromatic N) is 6. The topological polar surface area (TPSA) is 247 Å². The van der Waals surface area contributed by atoms with Crippen LogP contribution in [0.25, 0.3) is 0 Å². The lowest BCUT2D eigenvalue weighted by Gasteiger charge is -2.31. The molecular weight excluding hydrogens is 1240 g/mol. The number of rotatable bonds is 23. The smallest absolute Gasteiger partial charge is 0.308 e. The second-order valence-corrected chi connectivity index (χ2v) is 27.6. The number of likely N-dealkylation sites (N-methyl/N-ethyl adjacent to an activating group) is 3. The Kier molecular flexibility index (Phi) is 26.1. The van der Waals surface area contributed by atoms with Gasteiger partial charge in [-0.25, -0.2) is 0 Å². The minimum atomic E-state index is -0.855. The van der Waals surface area contributed by atoms with E-state index in [1.54, 1.807) is 21.3 Å². The number of hydrogen-bond acceptors (Lipinski definition) is 16. The molecule has 11 rings (SSSR count). The van der Waals surface area contributed by atoms with Gasteiger partial charge in [-0.2, -0.15) is 0 Å². The molecule has 4 fully saturated rings. The van der Waals surface area contributed by atoms with Gasteiger partial charge in [0.1, 0.15) is 17.2 Å². The highest BCUT2D eigenvalue weighted by Gasteiger charge is 2.49. The van der Waals surface area contributed by atoms with E-state index in [0.29, 0.717) is 49.7 Å². The highest BCUT2D eigenvalue weighted by atomic mass is 16.7.